The Hall–Kier alpha value is -4.46. The molecule has 7 nitrogen and oxygen atoms in total. The Bertz CT molecular complexity index is 1370. The molecular weight excluding hydrogens is 449 g/mol. The number of nitrogens with zero attached hydrogens (tertiary/aromatic N) is 2. The van der Waals surface area contributed by atoms with E-state index in [0.717, 1.165) is 17.3 Å². The van der Waals surface area contributed by atoms with Gasteiger partial charge in [-0.2, -0.15) is 0 Å². The second kappa shape index (κ2) is 10.6. The van der Waals surface area contributed by atoms with Gasteiger partial charge in [0.1, 0.15) is 22.9 Å². The zero-order valence-electron chi connectivity index (χ0n) is 19.3. The SMILES string of the molecule is CCOC(=O)c1cn(Cc2ccc(C)cc2)c(Nc2ccc(Oc3ccc(F)cn3)cc2)cc1=O. The summed E-state index contributed by atoms with van der Waals surface area (Å²) in [4.78, 5) is 28.8. The van der Waals surface area contributed by atoms with Crippen molar-refractivity contribution in [1.29, 1.82) is 0 Å². The summed E-state index contributed by atoms with van der Waals surface area (Å²) < 4.78 is 25.5. The second-order valence-corrected chi connectivity index (χ2v) is 7.84. The Morgan fingerprint density at radius 3 is 2.46 bits per heavy atom. The molecule has 35 heavy (non-hydrogen) atoms. The average molecular weight is 474 g/mol. The van der Waals surface area contributed by atoms with Crippen molar-refractivity contribution in [3.05, 3.63) is 112 Å². The Morgan fingerprint density at radius 1 is 1.06 bits per heavy atom. The molecule has 0 bridgehead atoms. The summed E-state index contributed by atoms with van der Waals surface area (Å²) in [5.41, 5.74) is 2.38. The van der Waals surface area contributed by atoms with Gasteiger partial charge in [0.05, 0.1) is 12.8 Å². The van der Waals surface area contributed by atoms with E-state index in [4.69, 9.17) is 9.47 Å². The molecule has 8 heteroatoms. The van der Waals surface area contributed by atoms with Crippen LogP contribution in [-0.4, -0.2) is 22.1 Å². The molecule has 0 atom stereocenters. The van der Waals surface area contributed by atoms with Crippen LogP contribution >= 0.6 is 0 Å². The summed E-state index contributed by atoms with van der Waals surface area (Å²) in [5.74, 6) is 0.204. The largest absolute Gasteiger partial charge is 0.462 e. The van der Waals surface area contributed by atoms with E-state index in [0.29, 0.717) is 23.8 Å². The lowest BCUT2D eigenvalue weighted by Crippen LogP contribution is -2.21. The van der Waals surface area contributed by atoms with Crippen LogP contribution in [0.5, 0.6) is 11.6 Å². The molecule has 2 heterocycles. The van der Waals surface area contributed by atoms with E-state index in [1.807, 2.05) is 31.2 Å². The van der Waals surface area contributed by atoms with E-state index in [9.17, 15) is 14.0 Å². The minimum absolute atomic E-state index is 0.0277. The van der Waals surface area contributed by atoms with E-state index in [1.165, 1.54) is 24.4 Å². The molecular formula is C27H24FN3O4. The number of halogens is 1. The third-order valence-corrected chi connectivity index (χ3v) is 5.15. The molecule has 4 aromatic rings. The lowest BCUT2D eigenvalue weighted by atomic mass is 10.1. The molecule has 0 aliphatic heterocycles. The van der Waals surface area contributed by atoms with Gasteiger partial charge in [0.2, 0.25) is 5.88 Å². The first kappa shape index (κ1) is 23.7. The second-order valence-electron chi connectivity index (χ2n) is 7.84. The fourth-order valence-corrected chi connectivity index (χ4v) is 3.36. The molecule has 178 valence electrons. The molecule has 0 radical (unpaired) electrons. The van der Waals surface area contributed by atoms with Gasteiger partial charge < -0.3 is 19.4 Å². The van der Waals surface area contributed by atoms with Crippen molar-refractivity contribution in [1.82, 2.24) is 9.55 Å². The quantitative estimate of drug-likeness (QED) is 0.343. The molecule has 0 amide bonds. The first-order valence-corrected chi connectivity index (χ1v) is 11.0. The number of carbonyl (C=O) groups is 1. The van der Waals surface area contributed by atoms with Crippen LogP contribution in [0.4, 0.5) is 15.9 Å². The number of rotatable bonds is 8. The maximum atomic E-state index is 13.0. The normalized spacial score (nSPS) is 10.6. The molecule has 0 aliphatic rings. The Labute approximate surface area is 201 Å². The summed E-state index contributed by atoms with van der Waals surface area (Å²) >= 11 is 0. The van der Waals surface area contributed by atoms with Crippen molar-refractivity contribution in [3.63, 3.8) is 0 Å². The van der Waals surface area contributed by atoms with Crippen LogP contribution < -0.4 is 15.5 Å². The number of benzene rings is 2. The van der Waals surface area contributed by atoms with Crippen LogP contribution in [0.2, 0.25) is 0 Å². The summed E-state index contributed by atoms with van der Waals surface area (Å²) in [5, 5.41) is 3.23. The third-order valence-electron chi connectivity index (χ3n) is 5.15. The Kier molecular flexibility index (Phi) is 7.21. The average Bonchev–Trinajstić information content (AvgIpc) is 2.85. The Balaban J connectivity index is 1.60. The van der Waals surface area contributed by atoms with Crippen molar-refractivity contribution in [2.45, 2.75) is 20.4 Å². The van der Waals surface area contributed by atoms with Crippen molar-refractivity contribution in [2.24, 2.45) is 0 Å². The van der Waals surface area contributed by atoms with Gasteiger partial charge >= 0.3 is 5.97 Å². The highest BCUT2D eigenvalue weighted by Crippen LogP contribution is 2.24. The molecule has 0 saturated heterocycles. The minimum Gasteiger partial charge on any atom is -0.462 e. The zero-order chi connectivity index (χ0) is 24.8. The van der Waals surface area contributed by atoms with Crippen LogP contribution in [-0.2, 0) is 11.3 Å². The van der Waals surface area contributed by atoms with Gasteiger partial charge in [0.25, 0.3) is 0 Å². The highest BCUT2D eigenvalue weighted by atomic mass is 19.1. The number of hydrogen-bond acceptors (Lipinski definition) is 6. The lowest BCUT2D eigenvalue weighted by Gasteiger charge is -2.17. The number of carbonyl (C=O) groups excluding carboxylic acids is 1. The van der Waals surface area contributed by atoms with Gasteiger partial charge in [-0.15, -0.1) is 0 Å². The number of esters is 1. The number of ether oxygens (including phenoxy) is 2. The van der Waals surface area contributed by atoms with Crippen molar-refractivity contribution in [3.8, 4) is 11.6 Å². The molecule has 0 fully saturated rings. The predicted molar refractivity (Wildman–Crippen MR) is 131 cm³/mol. The maximum absolute atomic E-state index is 13.0. The number of aromatic nitrogens is 2. The van der Waals surface area contributed by atoms with E-state index in [2.05, 4.69) is 10.3 Å². The standard InChI is InChI=1S/C27H24FN3O4/c1-3-34-27(33)23-17-31(16-19-6-4-18(2)5-7-19)25(14-24(23)32)30-21-9-11-22(12-10-21)35-26-13-8-20(28)15-29-26/h4-15,17,30H,3,16H2,1-2H3. The van der Waals surface area contributed by atoms with Gasteiger partial charge in [-0.3, -0.25) is 4.79 Å². The third kappa shape index (κ3) is 6.11. The van der Waals surface area contributed by atoms with Crippen LogP contribution in [0.15, 0.2) is 83.9 Å². The predicted octanol–water partition coefficient (Wildman–Crippen LogP) is 5.45. The van der Waals surface area contributed by atoms with Gasteiger partial charge in [-0.1, -0.05) is 29.8 Å². The first-order chi connectivity index (χ1) is 16.9. The maximum Gasteiger partial charge on any atom is 0.343 e. The lowest BCUT2D eigenvalue weighted by molar-refractivity contribution is 0.0524. The van der Waals surface area contributed by atoms with E-state index in [-0.39, 0.29) is 18.1 Å². The monoisotopic (exact) mass is 473 g/mol. The molecule has 2 aromatic heterocycles. The smallest absolute Gasteiger partial charge is 0.343 e. The highest BCUT2D eigenvalue weighted by Gasteiger charge is 2.15. The molecule has 0 aliphatic carbocycles. The van der Waals surface area contributed by atoms with Crippen LogP contribution in [0.25, 0.3) is 0 Å². The number of pyridine rings is 2. The molecule has 2 aromatic carbocycles. The zero-order valence-corrected chi connectivity index (χ0v) is 19.3. The van der Waals surface area contributed by atoms with E-state index < -0.39 is 17.2 Å². The topological polar surface area (TPSA) is 82.4 Å². The number of nitrogens with one attached hydrogen (secondary N) is 1. The summed E-state index contributed by atoms with van der Waals surface area (Å²) in [6.07, 6.45) is 2.60. The minimum atomic E-state index is -0.655. The molecule has 0 saturated carbocycles. The van der Waals surface area contributed by atoms with Crippen molar-refractivity contribution >= 4 is 17.5 Å². The van der Waals surface area contributed by atoms with E-state index in [1.54, 1.807) is 35.8 Å². The first-order valence-electron chi connectivity index (χ1n) is 11.0. The number of hydrogen-bond donors (Lipinski definition) is 1. The van der Waals surface area contributed by atoms with Crippen LogP contribution in [0.1, 0.15) is 28.4 Å². The van der Waals surface area contributed by atoms with Gasteiger partial charge in [0, 0.05) is 30.6 Å². The fraction of sp³-hybridized carbons (Fsp3) is 0.148. The van der Waals surface area contributed by atoms with Gasteiger partial charge in [0.15, 0.2) is 5.43 Å². The van der Waals surface area contributed by atoms with Crippen molar-refractivity contribution in [2.75, 3.05) is 11.9 Å². The summed E-state index contributed by atoms with van der Waals surface area (Å²) in [6, 6.07) is 19.1. The van der Waals surface area contributed by atoms with Crippen molar-refractivity contribution < 1.29 is 18.7 Å². The summed E-state index contributed by atoms with van der Waals surface area (Å²) in [6.45, 7) is 4.32. The molecule has 4 rings (SSSR count). The fourth-order valence-electron chi connectivity index (χ4n) is 3.36. The Morgan fingerprint density at radius 2 is 1.80 bits per heavy atom. The molecule has 0 spiro atoms. The highest BCUT2D eigenvalue weighted by molar-refractivity contribution is 5.89. The van der Waals surface area contributed by atoms with Gasteiger partial charge in [-0.05, 0) is 49.7 Å². The summed E-state index contributed by atoms with van der Waals surface area (Å²) in [7, 11) is 0. The van der Waals surface area contributed by atoms with Gasteiger partial charge in [-0.25, -0.2) is 14.2 Å². The number of anilines is 2. The molecule has 1 N–H and O–H groups in total. The van der Waals surface area contributed by atoms with E-state index >= 15 is 0 Å². The molecule has 0 unspecified atom stereocenters. The number of aryl methyl sites for hydroxylation is 1. The van der Waals surface area contributed by atoms with Crippen LogP contribution in [0.3, 0.4) is 0 Å². The van der Waals surface area contributed by atoms with Crippen LogP contribution in [0, 0.1) is 12.7 Å².